The van der Waals surface area contributed by atoms with Gasteiger partial charge in [-0.1, -0.05) is 194 Å². The molecule has 0 amide bonds. The van der Waals surface area contributed by atoms with Gasteiger partial charge in [-0.15, -0.1) is 0 Å². The Morgan fingerprint density at radius 3 is 1.67 bits per heavy atom. The molecule has 0 radical (unpaired) electrons. The van der Waals surface area contributed by atoms with Gasteiger partial charge in [-0.2, -0.15) is 0 Å². The Hall–Kier alpha value is -6.96. The van der Waals surface area contributed by atoms with E-state index in [1.807, 2.05) is 0 Å². The molecular weight excluding hydrogens is 651 g/mol. The van der Waals surface area contributed by atoms with Crippen LogP contribution in [-0.2, 0) is 0 Å². The normalized spacial score (nSPS) is 12.3. The van der Waals surface area contributed by atoms with E-state index in [0.717, 1.165) is 11.3 Å². The zero-order valence-electron chi connectivity index (χ0n) is 29.8. The smallest absolute Gasteiger partial charge is 0.0701 e. The molecule has 1 atom stereocenters. The molecule has 10 aromatic carbocycles. The number of anilines is 1. The first-order valence-corrected chi connectivity index (χ1v) is 18.7. The van der Waals surface area contributed by atoms with Crippen LogP contribution in [0.4, 0.5) is 5.69 Å². The van der Waals surface area contributed by atoms with Crippen LogP contribution in [-0.4, -0.2) is 0 Å². The highest BCUT2D eigenvalue weighted by Crippen LogP contribution is 2.46. The first kappa shape index (κ1) is 31.7. The van der Waals surface area contributed by atoms with Gasteiger partial charge in [-0.25, -0.2) is 0 Å². The molecule has 54 heavy (non-hydrogen) atoms. The van der Waals surface area contributed by atoms with Crippen molar-refractivity contribution in [1.82, 2.24) is 0 Å². The van der Waals surface area contributed by atoms with E-state index in [2.05, 4.69) is 218 Å². The molecule has 10 aromatic rings. The molecule has 10 rings (SSSR count). The lowest BCUT2D eigenvalue weighted by atomic mass is 9.84. The van der Waals surface area contributed by atoms with Crippen LogP contribution in [0.1, 0.15) is 17.2 Å². The molecule has 0 fully saturated rings. The molecule has 1 N–H and O–H groups in total. The van der Waals surface area contributed by atoms with Crippen molar-refractivity contribution in [2.75, 3.05) is 5.32 Å². The maximum atomic E-state index is 3.79. The van der Waals surface area contributed by atoms with Crippen molar-refractivity contribution in [3.05, 3.63) is 217 Å². The number of fused-ring (bicyclic) bond motifs is 7. The first-order chi connectivity index (χ1) is 26.8. The molecule has 0 aromatic heterocycles. The third-order valence-corrected chi connectivity index (χ3v) is 10.9. The Kier molecular flexibility index (Phi) is 7.96. The summed E-state index contributed by atoms with van der Waals surface area (Å²) in [4.78, 5) is 0. The van der Waals surface area contributed by atoms with Crippen molar-refractivity contribution >= 4 is 65.6 Å². The monoisotopic (exact) mass is 687 g/mol. The third-order valence-electron chi connectivity index (χ3n) is 10.9. The summed E-state index contributed by atoms with van der Waals surface area (Å²) in [5, 5.41) is 16.5. The zero-order chi connectivity index (χ0) is 35.8. The van der Waals surface area contributed by atoms with Gasteiger partial charge in [0.15, 0.2) is 0 Å². The zero-order valence-corrected chi connectivity index (χ0v) is 29.8. The number of nitrogens with one attached hydrogen (secondary N) is 1. The van der Waals surface area contributed by atoms with Crippen molar-refractivity contribution < 1.29 is 0 Å². The summed E-state index contributed by atoms with van der Waals surface area (Å²) in [7, 11) is 0. The van der Waals surface area contributed by atoms with Crippen LogP contribution in [0.15, 0.2) is 206 Å². The minimum Gasteiger partial charge on any atom is -0.375 e. The van der Waals surface area contributed by atoms with E-state index in [1.54, 1.807) is 0 Å². The number of rotatable bonds is 7. The predicted molar refractivity (Wildman–Crippen MR) is 233 cm³/mol. The Morgan fingerprint density at radius 1 is 0.370 bits per heavy atom. The van der Waals surface area contributed by atoms with Crippen LogP contribution < -0.4 is 5.32 Å². The quantitative estimate of drug-likeness (QED) is 0.130. The van der Waals surface area contributed by atoms with Crippen LogP contribution in [0, 0.1) is 0 Å². The summed E-state index contributed by atoms with van der Waals surface area (Å²) in [5.41, 5.74) is 8.48. The lowest BCUT2D eigenvalue weighted by molar-refractivity contribution is 0.993. The van der Waals surface area contributed by atoms with Crippen molar-refractivity contribution in [2.45, 2.75) is 6.04 Å². The predicted octanol–water partition coefficient (Wildman–Crippen LogP) is 14.7. The fraction of sp³-hybridized carbons (Fsp3) is 0.0189. The second-order valence-corrected chi connectivity index (χ2v) is 14.1. The van der Waals surface area contributed by atoms with Crippen LogP contribution in [0.2, 0.25) is 0 Å². The fourth-order valence-corrected chi connectivity index (χ4v) is 8.31. The molecule has 0 aliphatic carbocycles. The highest BCUT2D eigenvalue weighted by molar-refractivity contribution is 6.27. The van der Waals surface area contributed by atoms with Gasteiger partial charge in [0.1, 0.15) is 0 Å². The Labute approximate surface area is 315 Å². The van der Waals surface area contributed by atoms with Gasteiger partial charge in [-0.05, 0) is 105 Å². The molecule has 1 heteroatoms. The van der Waals surface area contributed by atoms with E-state index >= 15 is 0 Å². The van der Waals surface area contributed by atoms with Gasteiger partial charge >= 0.3 is 0 Å². The molecule has 0 spiro atoms. The lowest BCUT2D eigenvalue weighted by Crippen LogP contribution is -2.08. The number of hydrogen-bond donors (Lipinski definition) is 1. The molecule has 254 valence electrons. The van der Waals surface area contributed by atoms with Gasteiger partial charge in [0.2, 0.25) is 0 Å². The largest absolute Gasteiger partial charge is 0.375 e. The summed E-state index contributed by atoms with van der Waals surface area (Å²) in [6, 6.07) is 72.7. The van der Waals surface area contributed by atoms with Crippen LogP contribution in [0.5, 0.6) is 0 Å². The molecule has 0 heterocycles. The number of benzene rings is 10. The van der Waals surface area contributed by atoms with Crippen LogP contribution in [0.25, 0.3) is 82.2 Å². The van der Waals surface area contributed by atoms with E-state index in [-0.39, 0.29) is 6.04 Å². The average Bonchev–Trinajstić information content (AvgIpc) is 3.25. The third kappa shape index (κ3) is 5.68. The average molecular weight is 688 g/mol. The first-order valence-electron chi connectivity index (χ1n) is 18.7. The summed E-state index contributed by atoms with van der Waals surface area (Å²) in [5.74, 6) is 0. The highest BCUT2D eigenvalue weighted by Gasteiger charge is 2.18. The maximum Gasteiger partial charge on any atom is 0.0701 e. The second-order valence-electron chi connectivity index (χ2n) is 14.1. The van der Waals surface area contributed by atoms with Gasteiger partial charge in [0.25, 0.3) is 0 Å². The molecule has 0 aliphatic rings. The Balaban J connectivity index is 1.07. The van der Waals surface area contributed by atoms with E-state index in [4.69, 9.17) is 0 Å². The van der Waals surface area contributed by atoms with E-state index in [9.17, 15) is 0 Å². The second kappa shape index (κ2) is 13.5. The molecular formula is C53H37N. The highest BCUT2D eigenvalue weighted by atomic mass is 14.9. The Morgan fingerprint density at radius 2 is 0.907 bits per heavy atom. The molecule has 0 bridgehead atoms. The number of hydrogen-bond acceptors (Lipinski definition) is 1. The summed E-state index contributed by atoms with van der Waals surface area (Å²) < 4.78 is 0. The van der Waals surface area contributed by atoms with Crippen LogP contribution in [0.3, 0.4) is 0 Å². The van der Waals surface area contributed by atoms with E-state index in [1.165, 1.54) is 81.7 Å². The van der Waals surface area contributed by atoms with Crippen LogP contribution >= 0.6 is 0 Å². The molecule has 1 unspecified atom stereocenters. The number of para-hydroxylation sites is 1. The van der Waals surface area contributed by atoms with Gasteiger partial charge in [-0.3, -0.25) is 0 Å². The van der Waals surface area contributed by atoms with Gasteiger partial charge < -0.3 is 5.32 Å². The molecule has 1 nitrogen and oxygen atoms in total. The van der Waals surface area contributed by atoms with Crippen molar-refractivity contribution in [3.8, 4) is 22.3 Å². The van der Waals surface area contributed by atoms with Gasteiger partial charge in [0.05, 0.1) is 6.04 Å². The Bertz CT molecular complexity index is 3000. The molecule has 0 saturated heterocycles. The lowest BCUT2D eigenvalue weighted by Gasteiger charge is -2.19. The molecule has 0 saturated carbocycles. The minimum absolute atomic E-state index is 0.0188. The van der Waals surface area contributed by atoms with Crippen molar-refractivity contribution in [1.29, 1.82) is 0 Å². The fourth-order valence-electron chi connectivity index (χ4n) is 8.31. The summed E-state index contributed by atoms with van der Waals surface area (Å²) in [6.07, 6.45) is 4.53. The van der Waals surface area contributed by atoms with E-state index < -0.39 is 0 Å². The van der Waals surface area contributed by atoms with Crippen molar-refractivity contribution in [3.63, 3.8) is 0 Å². The SMILES string of the molecule is C(=C\C(Nc1ccccc1)c1ccc2c(ccc3ccccc32)c1)/c1ccc(-c2c3ccccc3c(-c3ccccc3)c3c2ccc2ccccc23)cc1. The molecule has 0 aliphatic heterocycles. The van der Waals surface area contributed by atoms with Crippen molar-refractivity contribution in [2.24, 2.45) is 0 Å². The topological polar surface area (TPSA) is 12.0 Å². The van der Waals surface area contributed by atoms with Gasteiger partial charge in [0, 0.05) is 5.69 Å². The standard InChI is InChI=1S/C53H37N/c1-3-15-39(16-4-1)52-48-22-12-11-21-47(48)51(49-33-30-38-14-8-10-20-46(38)53(49)52)40-26-23-36(24-27-40)25-34-50(54-43-17-5-2-6-18-43)42-31-32-45-41(35-42)29-28-37-13-7-9-19-44(37)45/h1-35,50,54H/b34-25+. The minimum atomic E-state index is -0.0188. The summed E-state index contributed by atoms with van der Waals surface area (Å²) in [6.45, 7) is 0. The van der Waals surface area contributed by atoms with E-state index in [0.29, 0.717) is 0 Å². The summed E-state index contributed by atoms with van der Waals surface area (Å²) >= 11 is 0. The maximum absolute atomic E-state index is 3.79.